The van der Waals surface area contributed by atoms with E-state index in [2.05, 4.69) is 35.6 Å². The summed E-state index contributed by atoms with van der Waals surface area (Å²) in [5.74, 6) is 0.183. The molecule has 1 aliphatic heterocycles. The number of amides is 1. The zero-order chi connectivity index (χ0) is 16.5. The van der Waals surface area contributed by atoms with Crippen molar-refractivity contribution < 1.29 is 9.90 Å². The van der Waals surface area contributed by atoms with Gasteiger partial charge in [-0.3, -0.25) is 4.79 Å². The van der Waals surface area contributed by atoms with Gasteiger partial charge in [-0.05, 0) is 19.8 Å². The smallest absolute Gasteiger partial charge is 0.270 e. The normalized spacial score (nSPS) is 18.1. The van der Waals surface area contributed by atoms with E-state index in [1.165, 1.54) is 11.8 Å². The van der Waals surface area contributed by atoms with Crippen molar-refractivity contribution in [1.82, 2.24) is 10.2 Å². The first-order valence-electron chi connectivity index (χ1n) is 7.85. The third-order valence-corrected chi connectivity index (χ3v) is 4.25. The van der Waals surface area contributed by atoms with Crippen molar-refractivity contribution in [3.05, 3.63) is 24.0 Å². The fourth-order valence-electron chi connectivity index (χ4n) is 2.13. The van der Waals surface area contributed by atoms with E-state index < -0.39 is 5.56 Å². The van der Waals surface area contributed by atoms with Crippen LogP contribution in [0.15, 0.2) is 29.0 Å². The zero-order valence-corrected chi connectivity index (χ0v) is 14.6. The zero-order valence-electron chi connectivity index (χ0n) is 13.8. The number of aliphatic hydroxyl groups is 1. The van der Waals surface area contributed by atoms with E-state index in [1.807, 2.05) is 13.0 Å². The van der Waals surface area contributed by atoms with E-state index in [-0.39, 0.29) is 5.91 Å². The molecule has 0 bridgehead atoms. The van der Waals surface area contributed by atoms with Gasteiger partial charge >= 0.3 is 0 Å². The Morgan fingerprint density at radius 2 is 2.27 bits per heavy atom. The van der Waals surface area contributed by atoms with Gasteiger partial charge in [-0.1, -0.05) is 32.9 Å². The number of aliphatic hydroxyl groups excluding tert-OH is 1. The highest BCUT2D eigenvalue weighted by atomic mass is 32.2. The first-order valence-corrected chi connectivity index (χ1v) is 8.90. The Bertz CT molecular complexity index is 460. The van der Waals surface area contributed by atoms with E-state index in [4.69, 9.17) is 0 Å². The second-order valence-electron chi connectivity index (χ2n) is 5.07. The van der Waals surface area contributed by atoms with Crippen LogP contribution in [0.1, 0.15) is 40.0 Å². The predicted molar refractivity (Wildman–Crippen MR) is 93.7 cm³/mol. The summed E-state index contributed by atoms with van der Waals surface area (Å²) in [6.45, 7) is 12.2. The molecule has 1 aliphatic rings. The van der Waals surface area contributed by atoms with Gasteiger partial charge in [0, 0.05) is 18.8 Å². The SMILES string of the molecule is C=C(C(=CCC)NC(=O)C1=NC(O)SC1)N(CC)CCCC. The molecule has 0 saturated carbocycles. The molecule has 1 unspecified atom stereocenters. The molecule has 0 fully saturated rings. The van der Waals surface area contributed by atoms with Crippen molar-refractivity contribution in [1.29, 1.82) is 0 Å². The summed E-state index contributed by atoms with van der Waals surface area (Å²) in [5.41, 5.74) is 1.13. The minimum absolute atomic E-state index is 0.253. The van der Waals surface area contributed by atoms with Crippen LogP contribution in [0.3, 0.4) is 0 Å². The molecule has 0 radical (unpaired) electrons. The van der Waals surface area contributed by atoms with Crippen LogP contribution in [0.25, 0.3) is 0 Å². The highest BCUT2D eigenvalue weighted by Crippen LogP contribution is 2.18. The number of rotatable bonds is 9. The quantitative estimate of drug-likeness (QED) is 0.639. The van der Waals surface area contributed by atoms with E-state index in [0.717, 1.165) is 43.7 Å². The van der Waals surface area contributed by atoms with Crippen LogP contribution in [0.2, 0.25) is 0 Å². The minimum Gasteiger partial charge on any atom is -0.371 e. The monoisotopic (exact) mass is 325 g/mol. The summed E-state index contributed by atoms with van der Waals surface area (Å²) in [5, 5.41) is 12.3. The van der Waals surface area contributed by atoms with E-state index in [0.29, 0.717) is 11.5 Å². The number of aliphatic imine (C=N–C) groups is 1. The van der Waals surface area contributed by atoms with Gasteiger partial charge in [0.05, 0.1) is 11.4 Å². The molecule has 5 nitrogen and oxygen atoms in total. The lowest BCUT2D eigenvalue weighted by molar-refractivity contribution is -0.114. The van der Waals surface area contributed by atoms with Gasteiger partial charge in [-0.2, -0.15) is 0 Å². The molecule has 2 N–H and O–H groups in total. The molecule has 0 aromatic heterocycles. The van der Waals surface area contributed by atoms with Crippen LogP contribution in [-0.2, 0) is 4.79 Å². The molecule has 6 heteroatoms. The number of nitrogens with one attached hydrogen (secondary N) is 1. The summed E-state index contributed by atoms with van der Waals surface area (Å²) < 4.78 is 0. The molecule has 22 heavy (non-hydrogen) atoms. The Kier molecular flexibility index (Phi) is 8.27. The van der Waals surface area contributed by atoms with Crippen LogP contribution in [0.4, 0.5) is 0 Å². The van der Waals surface area contributed by atoms with Gasteiger partial charge < -0.3 is 15.3 Å². The lowest BCUT2D eigenvalue weighted by atomic mass is 10.2. The van der Waals surface area contributed by atoms with Crippen molar-refractivity contribution in [3.8, 4) is 0 Å². The number of likely N-dealkylation sites (N-methyl/N-ethyl adjacent to an activating group) is 1. The van der Waals surface area contributed by atoms with Crippen LogP contribution in [0.5, 0.6) is 0 Å². The van der Waals surface area contributed by atoms with Gasteiger partial charge in [0.1, 0.15) is 5.71 Å². The summed E-state index contributed by atoms with van der Waals surface area (Å²) in [6.07, 6.45) is 4.99. The Balaban J connectivity index is 2.76. The largest absolute Gasteiger partial charge is 0.371 e. The van der Waals surface area contributed by atoms with Crippen LogP contribution < -0.4 is 5.32 Å². The Morgan fingerprint density at radius 1 is 1.55 bits per heavy atom. The average molecular weight is 325 g/mol. The second kappa shape index (κ2) is 9.69. The van der Waals surface area contributed by atoms with E-state index in [1.54, 1.807) is 0 Å². The average Bonchev–Trinajstić information content (AvgIpc) is 2.94. The number of hydrogen-bond acceptors (Lipinski definition) is 5. The molecule has 124 valence electrons. The molecule has 1 heterocycles. The Hall–Kier alpha value is -1.27. The maximum absolute atomic E-state index is 12.2. The maximum Gasteiger partial charge on any atom is 0.270 e. The minimum atomic E-state index is -0.820. The van der Waals surface area contributed by atoms with Crippen molar-refractivity contribution in [2.75, 3.05) is 18.8 Å². The fraction of sp³-hybridized carbons (Fsp3) is 0.625. The van der Waals surface area contributed by atoms with Crippen molar-refractivity contribution in [2.24, 2.45) is 4.99 Å². The van der Waals surface area contributed by atoms with E-state index >= 15 is 0 Å². The van der Waals surface area contributed by atoms with Crippen LogP contribution in [0, 0.1) is 0 Å². The lowest BCUT2D eigenvalue weighted by Crippen LogP contribution is -2.35. The Labute approximate surface area is 137 Å². The number of thioether (sulfide) groups is 1. The third-order valence-electron chi connectivity index (χ3n) is 3.41. The first kappa shape index (κ1) is 18.8. The van der Waals surface area contributed by atoms with Gasteiger partial charge in [-0.15, -0.1) is 11.8 Å². The number of carbonyl (C=O) groups excluding carboxylic acids is 1. The third kappa shape index (κ3) is 5.50. The summed E-state index contributed by atoms with van der Waals surface area (Å²) in [6, 6.07) is 0. The number of carbonyl (C=O) groups is 1. The van der Waals surface area contributed by atoms with Crippen LogP contribution >= 0.6 is 11.8 Å². The van der Waals surface area contributed by atoms with Crippen LogP contribution in [-0.4, -0.2) is 46.0 Å². The van der Waals surface area contributed by atoms with Gasteiger partial charge in [0.25, 0.3) is 5.91 Å². The van der Waals surface area contributed by atoms with E-state index in [9.17, 15) is 9.90 Å². The molecule has 0 aromatic rings. The summed E-state index contributed by atoms with van der Waals surface area (Å²) in [7, 11) is 0. The lowest BCUT2D eigenvalue weighted by Gasteiger charge is -2.27. The molecule has 1 rings (SSSR count). The number of unbranched alkanes of at least 4 members (excludes halogenated alkanes) is 1. The molecular formula is C16H27N3O2S. The Morgan fingerprint density at radius 3 is 2.77 bits per heavy atom. The molecule has 0 saturated heterocycles. The van der Waals surface area contributed by atoms with Gasteiger partial charge in [0.2, 0.25) is 0 Å². The van der Waals surface area contributed by atoms with Gasteiger partial charge in [0.15, 0.2) is 5.56 Å². The van der Waals surface area contributed by atoms with Crippen molar-refractivity contribution >= 4 is 23.4 Å². The number of hydrogen-bond donors (Lipinski definition) is 2. The standard InChI is InChI=1S/C16H27N3O2S/c1-5-8-10-19(7-3)12(4)13(9-6-2)17-15(20)14-11-22-16(21)18-14/h9,16,21H,4-8,10-11H2,1-3H3,(H,17,20). The second-order valence-corrected chi connectivity index (χ2v) is 6.12. The first-order chi connectivity index (χ1) is 10.5. The topological polar surface area (TPSA) is 64.9 Å². The van der Waals surface area contributed by atoms with Crippen molar-refractivity contribution in [2.45, 2.75) is 45.6 Å². The summed E-state index contributed by atoms with van der Waals surface area (Å²) in [4.78, 5) is 18.3. The number of allylic oxidation sites excluding steroid dienone is 1. The van der Waals surface area contributed by atoms with Crippen molar-refractivity contribution in [3.63, 3.8) is 0 Å². The molecular weight excluding hydrogens is 298 g/mol. The molecule has 0 aliphatic carbocycles. The maximum atomic E-state index is 12.2. The molecule has 0 spiro atoms. The number of nitrogens with zero attached hydrogens (tertiary/aromatic N) is 2. The summed E-state index contributed by atoms with van der Waals surface area (Å²) >= 11 is 1.24. The van der Waals surface area contributed by atoms with Gasteiger partial charge in [-0.25, -0.2) is 4.99 Å². The molecule has 1 amide bonds. The highest BCUT2D eigenvalue weighted by Gasteiger charge is 2.23. The fourth-order valence-corrected chi connectivity index (χ4v) is 2.84. The highest BCUT2D eigenvalue weighted by molar-refractivity contribution is 8.00. The molecule has 1 atom stereocenters. The predicted octanol–water partition coefficient (Wildman–Crippen LogP) is 2.50. The molecule has 0 aromatic carbocycles.